The Hall–Kier alpha value is -3.39. The van der Waals surface area contributed by atoms with Crippen LogP contribution in [0.5, 0.6) is 0 Å². The van der Waals surface area contributed by atoms with E-state index in [-0.39, 0.29) is 17.7 Å². The van der Waals surface area contributed by atoms with E-state index in [1.807, 2.05) is 6.92 Å². The van der Waals surface area contributed by atoms with Gasteiger partial charge in [-0.05, 0) is 64.2 Å². The third-order valence-electron chi connectivity index (χ3n) is 8.33. The van der Waals surface area contributed by atoms with Gasteiger partial charge in [0.2, 0.25) is 17.6 Å². The summed E-state index contributed by atoms with van der Waals surface area (Å²) in [5.41, 5.74) is 0.613. The number of aliphatic hydroxyl groups is 1. The third-order valence-corrected chi connectivity index (χ3v) is 8.33. The Bertz CT molecular complexity index is 1380. The van der Waals surface area contributed by atoms with Crippen molar-refractivity contribution in [3.05, 3.63) is 10.6 Å². The van der Waals surface area contributed by atoms with Crippen LogP contribution in [0.1, 0.15) is 58.8 Å². The molecule has 6 rings (SSSR count). The SMILES string of the molecule is C#CC1CCC(Cn2c(N3CC(C)(O)C3)nc3nc(-c4noc(=O)[nH]4)nc(NC(C)C4CCC4)c32)CC1. The number of nitrogens with one attached hydrogen (secondary N) is 2. The van der Waals surface area contributed by atoms with Gasteiger partial charge in [-0.3, -0.25) is 9.51 Å². The second-order valence-electron chi connectivity index (χ2n) is 11.4. The van der Waals surface area contributed by atoms with Crippen LogP contribution in [0.3, 0.4) is 0 Å². The molecule has 0 radical (unpaired) electrons. The van der Waals surface area contributed by atoms with Crippen LogP contribution in [0.15, 0.2) is 9.32 Å². The summed E-state index contributed by atoms with van der Waals surface area (Å²) in [6.45, 7) is 5.79. The fourth-order valence-corrected chi connectivity index (χ4v) is 5.93. The molecule has 1 atom stereocenters. The predicted octanol–water partition coefficient (Wildman–Crippen LogP) is 2.78. The predicted molar refractivity (Wildman–Crippen MR) is 139 cm³/mol. The molecule has 2 aliphatic carbocycles. The topological polar surface area (TPSA) is 138 Å². The standard InChI is InChI=1S/C26H34N8O3/c1-4-16-8-10-17(11-9-16)12-34-19-20(27-15(2)18-6-5-7-18)28-22(23-31-25(35)37-32-23)29-21(19)30-24(34)33-13-26(3,36)14-33/h1,15-18,36H,5-14H2,2-3H3,(H,27,28,29)(H,31,32,35). The van der Waals surface area contributed by atoms with E-state index in [4.69, 9.17) is 25.9 Å². The lowest BCUT2D eigenvalue weighted by Gasteiger charge is -2.45. The summed E-state index contributed by atoms with van der Waals surface area (Å²) in [6.07, 6.45) is 13.5. The number of terminal acetylenes is 1. The van der Waals surface area contributed by atoms with Crippen LogP contribution in [0, 0.1) is 30.1 Å². The average Bonchev–Trinajstić information content (AvgIpc) is 3.40. The molecule has 0 amide bonds. The van der Waals surface area contributed by atoms with Crippen molar-refractivity contribution in [2.75, 3.05) is 23.3 Å². The van der Waals surface area contributed by atoms with Crippen molar-refractivity contribution in [2.24, 2.45) is 17.8 Å². The maximum Gasteiger partial charge on any atom is 0.439 e. The number of aromatic amines is 1. The molecule has 196 valence electrons. The molecule has 1 aliphatic heterocycles. The number of anilines is 2. The first-order valence-corrected chi connectivity index (χ1v) is 13.3. The zero-order chi connectivity index (χ0) is 25.7. The Morgan fingerprint density at radius 2 is 1.97 bits per heavy atom. The zero-order valence-corrected chi connectivity index (χ0v) is 21.4. The number of hydrogen-bond donors (Lipinski definition) is 3. The van der Waals surface area contributed by atoms with E-state index in [0.29, 0.717) is 42.3 Å². The molecule has 11 nitrogen and oxygen atoms in total. The number of H-pyrrole nitrogens is 1. The molecule has 4 heterocycles. The van der Waals surface area contributed by atoms with Gasteiger partial charge >= 0.3 is 5.76 Å². The second-order valence-corrected chi connectivity index (χ2v) is 11.4. The smallest absolute Gasteiger partial charge is 0.386 e. The van der Waals surface area contributed by atoms with Crippen molar-refractivity contribution in [1.82, 2.24) is 29.7 Å². The van der Waals surface area contributed by atoms with E-state index in [1.165, 1.54) is 19.3 Å². The molecule has 1 saturated heterocycles. The lowest BCUT2D eigenvalue weighted by molar-refractivity contribution is 0.0295. The minimum atomic E-state index is -0.745. The molecule has 3 aliphatic rings. The number of fused-ring (bicyclic) bond motifs is 1. The molecule has 0 spiro atoms. The summed E-state index contributed by atoms with van der Waals surface area (Å²) < 4.78 is 6.93. The van der Waals surface area contributed by atoms with Crippen molar-refractivity contribution in [1.29, 1.82) is 0 Å². The van der Waals surface area contributed by atoms with Gasteiger partial charge in [-0.25, -0.2) is 14.8 Å². The van der Waals surface area contributed by atoms with Gasteiger partial charge in [0.25, 0.3) is 0 Å². The van der Waals surface area contributed by atoms with E-state index in [1.54, 1.807) is 0 Å². The van der Waals surface area contributed by atoms with E-state index in [2.05, 4.69) is 37.8 Å². The molecule has 0 aromatic carbocycles. The Morgan fingerprint density at radius 3 is 2.57 bits per heavy atom. The van der Waals surface area contributed by atoms with Crippen molar-refractivity contribution < 1.29 is 9.63 Å². The van der Waals surface area contributed by atoms with Crippen LogP contribution < -0.4 is 16.0 Å². The van der Waals surface area contributed by atoms with E-state index >= 15 is 0 Å². The van der Waals surface area contributed by atoms with Crippen LogP contribution in [0.4, 0.5) is 11.8 Å². The van der Waals surface area contributed by atoms with E-state index < -0.39 is 11.4 Å². The molecule has 3 N–H and O–H groups in total. The number of rotatable bonds is 7. The van der Waals surface area contributed by atoms with Crippen molar-refractivity contribution in [3.63, 3.8) is 0 Å². The Morgan fingerprint density at radius 1 is 1.22 bits per heavy atom. The van der Waals surface area contributed by atoms with Crippen LogP contribution in [-0.2, 0) is 6.54 Å². The molecule has 2 saturated carbocycles. The summed E-state index contributed by atoms with van der Waals surface area (Å²) in [7, 11) is 0. The molecule has 0 bridgehead atoms. The van der Waals surface area contributed by atoms with Gasteiger partial charge in [0.1, 0.15) is 5.52 Å². The van der Waals surface area contributed by atoms with Crippen LogP contribution in [0.25, 0.3) is 22.8 Å². The highest BCUT2D eigenvalue weighted by atomic mass is 16.5. The molecular weight excluding hydrogens is 472 g/mol. The fraction of sp³-hybridized carbons (Fsp3) is 0.654. The van der Waals surface area contributed by atoms with Gasteiger partial charge in [0.05, 0.1) is 18.7 Å². The van der Waals surface area contributed by atoms with Gasteiger partial charge < -0.3 is 19.9 Å². The van der Waals surface area contributed by atoms with Crippen LogP contribution in [-0.4, -0.2) is 59.5 Å². The minimum absolute atomic E-state index is 0.168. The lowest BCUT2D eigenvalue weighted by atomic mass is 9.80. The highest BCUT2D eigenvalue weighted by Gasteiger charge is 2.40. The number of imidazole rings is 1. The summed E-state index contributed by atoms with van der Waals surface area (Å²) >= 11 is 0. The van der Waals surface area contributed by atoms with Gasteiger partial charge in [0.15, 0.2) is 11.5 Å². The molecular formula is C26H34N8O3. The Kier molecular flexibility index (Phi) is 5.94. The average molecular weight is 507 g/mol. The quantitative estimate of drug-likeness (QED) is 0.413. The Labute approximate surface area is 215 Å². The largest absolute Gasteiger partial charge is 0.439 e. The first-order chi connectivity index (χ1) is 17.8. The summed E-state index contributed by atoms with van der Waals surface area (Å²) in [5, 5.41) is 17.9. The normalized spacial score (nSPS) is 24.3. The minimum Gasteiger partial charge on any atom is -0.386 e. The molecule has 3 fully saturated rings. The lowest BCUT2D eigenvalue weighted by Crippen LogP contribution is -2.60. The van der Waals surface area contributed by atoms with Gasteiger partial charge in [-0.1, -0.05) is 11.6 Å². The third kappa shape index (κ3) is 4.59. The van der Waals surface area contributed by atoms with Gasteiger partial charge in [-0.15, -0.1) is 12.3 Å². The second kappa shape index (κ2) is 9.17. The maximum atomic E-state index is 11.6. The zero-order valence-electron chi connectivity index (χ0n) is 21.4. The highest BCUT2D eigenvalue weighted by molar-refractivity contribution is 5.87. The van der Waals surface area contributed by atoms with Crippen LogP contribution in [0.2, 0.25) is 0 Å². The Balaban J connectivity index is 1.44. The van der Waals surface area contributed by atoms with Gasteiger partial charge in [0, 0.05) is 18.5 Å². The highest BCUT2D eigenvalue weighted by Crippen LogP contribution is 2.38. The number of nitrogens with zero attached hydrogens (tertiary/aromatic N) is 6. The molecule has 3 aromatic heterocycles. The first kappa shape index (κ1) is 24.0. The fourth-order valence-electron chi connectivity index (χ4n) is 5.93. The van der Waals surface area contributed by atoms with Crippen molar-refractivity contribution in [3.8, 4) is 24.0 Å². The van der Waals surface area contributed by atoms with Crippen LogP contribution >= 0.6 is 0 Å². The van der Waals surface area contributed by atoms with Gasteiger partial charge in [-0.2, -0.15) is 4.98 Å². The van der Waals surface area contributed by atoms with E-state index in [9.17, 15) is 9.90 Å². The first-order valence-electron chi connectivity index (χ1n) is 13.3. The van der Waals surface area contributed by atoms with Crippen molar-refractivity contribution >= 4 is 22.9 Å². The number of aromatic nitrogens is 6. The van der Waals surface area contributed by atoms with E-state index in [0.717, 1.165) is 43.7 Å². The summed E-state index contributed by atoms with van der Waals surface area (Å²) in [6, 6.07) is 0.221. The number of β-amino-alcohol motifs (C(OH)–C–C–N with tert-alkyl or cyclic N) is 1. The summed E-state index contributed by atoms with van der Waals surface area (Å²) in [4.78, 5) is 30.7. The monoisotopic (exact) mass is 506 g/mol. The number of hydrogen-bond acceptors (Lipinski definition) is 9. The molecule has 1 unspecified atom stereocenters. The maximum absolute atomic E-state index is 11.6. The molecule has 11 heteroatoms. The molecule has 37 heavy (non-hydrogen) atoms. The molecule has 3 aromatic rings. The summed E-state index contributed by atoms with van der Waals surface area (Å²) in [5.74, 6) is 5.54. The van der Waals surface area contributed by atoms with Crippen molar-refractivity contribution in [2.45, 2.75) is 77.0 Å².